The Bertz CT molecular complexity index is 460. The first-order valence-corrected chi connectivity index (χ1v) is 6.93. The van der Waals surface area contributed by atoms with Crippen LogP contribution in [0, 0.1) is 0 Å². The van der Waals surface area contributed by atoms with Crippen molar-refractivity contribution in [1.82, 2.24) is 15.1 Å². The van der Waals surface area contributed by atoms with Gasteiger partial charge in [-0.15, -0.1) is 6.58 Å². The van der Waals surface area contributed by atoms with Gasteiger partial charge in [-0.25, -0.2) is 0 Å². The highest BCUT2D eigenvalue weighted by Gasteiger charge is 2.29. The highest BCUT2D eigenvalue weighted by atomic mass is 16.2. The summed E-state index contributed by atoms with van der Waals surface area (Å²) in [5.74, 6) is -0.0831. The number of aryl methyl sites for hydroxylation is 1. The minimum Gasteiger partial charge on any atom is -0.395 e. The highest BCUT2D eigenvalue weighted by molar-refractivity contribution is 5.98. The van der Waals surface area contributed by atoms with Crippen molar-refractivity contribution in [3.05, 3.63) is 24.0 Å². The van der Waals surface area contributed by atoms with E-state index in [1.54, 1.807) is 6.08 Å². The number of nitrogens with two attached hydrogens (primary N) is 1. The van der Waals surface area contributed by atoms with E-state index in [1.807, 2.05) is 11.8 Å². The number of nitrogen functional groups attached to an aromatic ring is 1. The second kappa shape index (κ2) is 5.91. The molecule has 1 saturated carbocycles. The SMILES string of the molecule is C=CCN(C(=O)c1n[nH]c(CC)c1N)C1CCCC1. The molecule has 5 nitrogen and oxygen atoms in total. The molecule has 1 aliphatic rings. The van der Waals surface area contributed by atoms with Gasteiger partial charge in [0.2, 0.25) is 0 Å². The molecular weight excluding hydrogens is 240 g/mol. The van der Waals surface area contributed by atoms with Crippen molar-refractivity contribution in [2.75, 3.05) is 12.3 Å². The Balaban J connectivity index is 2.22. The standard InChI is InChI=1S/C14H22N4O/c1-3-9-18(10-7-5-6-8-10)14(19)13-12(15)11(4-2)16-17-13/h3,10H,1,4-9,15H2,2H3,(H,16,17). The Hall–Kier alpha value is -1.78. The van der Waals surface area contributed by atoms with Crippen molar-refractivity contribution in [1.29, 1.82) is 0 Å². The Morgan fingerprint density at radius 3 is 2.79 bits per heavy atom. The van der Waals surface area contributed by atoms with E-state index in [9.17, 15) is 4.79 Å². The number of aromatic amines is 1. The molecule has 1 aromatic rings. The van der Waals surface area contributed by atoms with Gasteiger partial charge in [0.25, 0.3) is 5.91 Å². The summed E-state index contributed by atoms with van der Waals surface area (Å²) in [6.45, 7) is 6.27. The fourth-order valence-electron chi connectivity index (χ4n) is 2.71. The molecule has 19 heavy (non-hydrogen) atoms. The normalized spacial score (nSPS) is 15.6. The van der Waals surface area contributed by atoms with Gasteiger partial charge in [0, 0.05) is 12.6 Å². The molecule has 1 amide bonds. The summed E-state index contributed by atoms with van der Waals surface area (Å²) in [5, 5.41) is 6.93. The van der Waals surface area contributed by atoms with Crippen LogP contribution < -0.4 is 5.73 Å². The van der Waals surface area contributed by atoms with E-state index in [-0.39, 0.29) is 5.91 Å². The molecule has 1 aromatic heterocycles. The second-order valence-corrected chi connectivity index (χ2v) is 5.00. The molecule has 0 spiro atoms. The lowest BCUT2D eigenvalue weighted by Crippen LogP contribution is -2.39. The fraction of sp³-hybridized carbons (Fsp3) is 0.571. The first kappa shape index (κ1) is 13.6. The van der Waals surface area contributed by atoms with Gasteiger partial charge in [0.15, 0.2) is 5.69 Å². The summed E-state index contributed by atoms with van der Waals surface area (Å²) in [6.07, 6.45) is 7.00. The van der Waals surface area contributed by atoms with Gasteiger partial charge in [0.1, 0.15) is 0 Å². The lowest BCUT2D eigenvalue weighted by molar-refractivity contribution is 0.0701. The van der Waals surface area contributed by atoms with Crippen molar-refractivity contribution >= 4 is 11.6 Å². The van der Waals surface area contributed by atoms with Crippen LogP contribution in [-0.4, -0.2) is 33.6 Å². The van der Waals surface area contributed by atoms with Crippen LogP contribution in [-0.2, 0) is 6.42 Å². The largest absolute Gasteiger partial charge is 0.395 e. The molecule has 0 aromatic carbocycles. The average molecular weight is 262 g/mol. The maximum absolute atomic E-state index is 12.6. The summed E-state index contributed by atoms with van der Waals surface area (Å²) in [5.41, 5.74) is 7.65. The first-order chi connectivity index (χ1) is 9.19. The number of anilines is 1. The van der Waals surface area contributed by atoms with Crippen LogP contribution >= 0.6 is 0 Å². The maximum Gasteiger partial charge on any atom is 0.277 e. The van der Waals surface area contributed by atoms with Crippen LogP contribution in [0.3, 0.4) is 0 Å². The molecule has 0 bridgehead atoms. The van der Waals surface area contributed by atoms with Crippen molar-refractivity contribution in [3.8, 4) is 0 Å². The minimum absolute atomic E-state index is 0.0831. The van der Waals surface area contributed by atoms with E-state index in [4.69, 9.17) is 5.73 Å². The van der Waals surface area contributed by atoms with Gasteiger partial charge in [0.05, 0.1) is 11.4 Å². The van der Waals surface area contributed by atoms with Crippen molar-refractivity contribution in [2.45, 2.75) is 45.1 Å². The lowest BCUT2D eigenvalue weighted by atomic mass is 10.1. The molecule has 5 heteroatoms. The van der Waals surface area contributed by atoms with Gasteiger partial charge in [-0.2, -0.15) is 5.10 Å². The van der Waals surface area contributed by atoms with Crippen LogP contribution in [0.5, 0.6) is 0 Å². The van der Waals surface area contributed by atoms with E-state index < -0.39 is 0 Å². The molecule has 1 heterocycles. The molecule has 0 atom stereocenters. The third-order valence-electron chi connectivity index (χ3n) is 3.79. The average Bonchev–Trinajstić information content (AvgIpc) is 3.04. The predicted octanol–water partition coefficient (Wildman–Crippen LogP) is 2.13. The lowest BCUT2D eigenvalue weighted by Gasteiger charge is -2.27. The molecule has 0 unspecified atom stereocenters. The predicted molar refractivity (Wildman–Crippen MR) is 75.9 cm³/mol. The Morgan fingerprint density at radius 2 is 2.26 bits per heavy atom. The van der Waals surface area contributed by atoms with E-state index in [0.29, 0.717) is 24.0 Å². The quantitative estimate of drug-likeness (QED) is 0.798. The smallest absolute Gasteiger partial charge is 0.277 e. The van der Waals surface area contributed by atoms with E-state index in [1.165, 1.54) is 12.8 Å². The van der Waals surface area contributed by atoms with Crippen molar-refractivity contribution in [3.63, 3.8) is 0 Å². The molecular formula is C14H22N4O. The molecule has 104 valence electrons. The monoisotopic (exact) mass is 262 g/mol. The van der Waals surface area contributed by atoms with Crippen molar-refractivity contribution < 1.29 is 4.79 Å². The topological polar surface area (TPSA) is 75.0 Å². The summed E-state index contributed by atoms with van der Waals surface area (Å²) >= 11 is 0. The summed E-state index contributed by atoms with van der Waals surface area (Å²) in [7, 11) is 0. The Labute approximate surface area is 113 Å². The third kappa shape index (κ3) is 2.64. The van der Waals surface area contributed by atoms with E-state index in [0.717, 1.165) is 25.0 Å². The van der Waals surface area contributed by atoms with Crippen LogP contribution in [0.15, 0.2) is 12.7 Å². The molecule has 0 aliphatic heterocycles. The van der Waals surface area contributed by atoms with Crippen molar-refractivity contribution in [2.24, 2.45) is 0 Å². The summed E-state index contributed by atoms with van der Waals surface area (Å²) < 4.78 is 0. The van der Waals surface area contributed by atoms with E-state index in [2.05, 4.69) is 16.8 Å². The number of amides is 1. The second-order valence-electron chi connectivity index (χ2n) is 5.00. The van der Waals surface area contributed by atoms with Gasteiger partial charge >= 0.3 is 0 Å². The molecule has 0 saturated heterocycles. The first-order valence-electron chi connectivity index (χ1n) is 6.93. The number of carbonyl (C=O) groups excluding carboxylic acids is 1. The van der Waals surface area contributed by atoms with Crippen LogP contribution in [0.2, 0.25) is 0 Å². The highest BCUT2D eigenvalue weighted by Crippen LogP contribution is 2.26. The number of carbonyl (C=O) groups is 1. The summed E-state index contributed by atoms with van der Waals surface area (Å²) in [4.78, 5) is 14.4. The maximum atomic E-state index is 12.6. The number of aromatic nitrogens is 2. The minimum atomic E-state index is -0.0831. The number of rotatable bonds is 5. The van der Waals surface area contributed by atoms with E-state index >= 15 is 0 Å². The number of hydrogen-bond donors (Lipinski definition) is 2. The molecule has 3 N–H and O–H groups in total. The molecule has 2 rings (SSSR count). The van der Waals surface area contributed by atoms with Crippen LogP contribution in [0.1, 0.15) is 48.8 Å². The molecule has 1 fully saturated rings. The Morgan fingerprint density at radius 1 is 1.58 bits per heavy atom. The number of H-pyrrole nitrogens is 1. The third-order valence-corrected chi connectivity index (χ3v) is 3.79. The van der Waals surface area contributed by atoms with Crippen LogP contribution in [0.25, 0.3) is 0 Å². The number of hydrogen-bond acceptors (Lipinski definition) is 3. The number of nitrogens with zero attached hydrogens (tertiary/aromatic N) is 2. The molecule has 0 radical (unpaired) electrons. The van der Waals surface area contributed by atoms with Gasteiger partial charge < -0.3 is 10.6 Å². The zero-order chi connectivity index (χ0) is 13.8. The summed E-state index contributed by atoms with van der Waals surface area (Å²) in [6, 6.07) is 0.298. The van der Waals surface area contributed by atoms with Gasteiger partial charge in [-0.05, 0) is 19.3 Å². The van der Waals surface area contributed by atoms with Gasteiger partial charge in [-0.1, -0.05) is 25.8 Å². The zero-order valence-corrected chi connectivity index (χ0v) is 11.5. The number of nitrogens with one attached hydrogen (secondary N) is 1. The molecule has 1 aliphatic carbocycles. The fourth-order valence-corrected chi connectivity index (χ4v) is 2.71. The Kier molecular flexibility index (Phi) is 4.24. The van der Waals surface area contributed by atoms with Crippen LogP contribution in [0.4, 0.5) is 5.69 Å². The zero-order valence-electron chi connectivity index (χ0n) is 11.5. The van der Waals surface area contributed by atoms with Gasteiger partial charge in [-0.3, -0.25) is 9.89 Å².